The number of piperidine rings is 1. The Labute approximate surface area is 176 Å². The fourth-order valence-corrected chi connectivity index (χ4v) is 4.23. The first-order chi connectivity index (χ1) is 14.4. The van der Waals surface area contributed by atoms with Gasteiger partial charge in [-0.05, 0) is 38.7 Å². The van der Waals surface area contributed by atoms with Crippen molar-refractivity contribution in [2.75, 3.05) is 19.6 Å². The van der Waals surface area contributed by atoms with Crippen molar-refractivity contribution in [1.82, 2.24) is 29.7 Å². The molecule has 0 N–H and O–H groups in total. The lowest BCUT2D eigenvalue weighted by Crippen LogP contribution is -2.51. The van der Waals surface area contributed by atoms with Crippen molar-refractivity contribution < 1.29 is 14.1 Å². The van der Waals surface area contributed by atoms with Crippen molar-refractivity contribution in [2.45, 2.75) is 64.3 Å². The lowest BCUT2D eigenvalue weighted by atomic mass is 9.85. The summed E-state index contributed by atoms with van der Waals surface area (Å²) in [6.45, 7) is 5.24. The normalized spacial score (nSPS) is 19.6. The Bertz CT molecular complexity index is 896. The number of amides is 2. The Morgan fingerprint density at radius 3 is 2.70 bits per heavy atom. The molecule has 0 spiro atoms. The number of hydrogen-bond acceptors (Lipinski definition) is 6. The molecule has 1 saturated carbocycles. The zero-order valence-electron chi connectivity index (χ0n) is 18.0. The maximum Gasteiger partial charge on any atom is 0.274 e. The van der Waals surface area contributed by atoms with Gasteiger partial charge >= 0.3 is 0 Å². The van der Waals surface area contributed by atoms with Crippen LogP contribution >= 0.6 is 0 Å². The molecule has 0 radical (unpaired) electrons. The van der Waals surface area contributed by atoms with Gasteiger partial charge in [-0.25, -0.2) is 0 Å². The minimum absolute atomic E-state index is 0.00527. The summed E-state index contributed by atoms with van der Waals surface area (Å²) < 4.78 is 7.10. The number of aromatic nitrogens is 4. The van der Waals surface area contributed by atoms with E-state index in [0.29, 0.717) is 43.5 Å². The minimum Gasteiger partial charge on any atom is -0.339 e. The Balaban J connectivity index is 1.38. The Morgan fingerprint density at radius 2 is 2.07 bits per heavy atom. The van der Waals surface area contributed by atoms with Crippen LogP contribution in [0, 0.1) is 6.92 Å². The maximum atomic E-state index is 12.9. The van der Waals surface area contributed by atoms with Gasteiger partial charge in [-0.2, -0.15) is 10.1 Å². The zero-order chi connectivity index (χ0) is 21.3. The molecule has 1 saturated heterocycles. The summed E-state index contributed by atoms with van der Waals surface area (Å²) in [5, 5.41) is 8.40. The quantitative estimate of drug-likeness (QED) is 0.718. The fraction of sp³-hybridized carbons (Fsp3) is 0.667. The van der Waals surface area contributed by atoms with Crippen LogP contribution in [0.15, 0.2) is 10.6 Å². The van der Waals surface area contributed by atoms with E-state index in [2.05, 4.69) is 15.2 Å². The summed E-state index contributed by atoms with van der Waals surface area (Å²) in [6, 6.07) is 1.80. The molecule has 9 nitrogen and oxygen atoms in total. The van der Waals surface area contributed by atoms with Crippen molar-refractivity contribution in [2.24, 2.45) is 7.05 Å². The van der Waals surface area contributed by atoms with E-state index in [1.807, 2.05) is 29.8 Å². The third-order valence-electron chi connectivity index (χ3n) is 6.38. The van der Waals surface area contributed by atoms with Crippen molar-refractivity contribution >= 4 is 11.8 Å². The second-order valence-corrected chi connectivity index (χ2v) is 8.48. The number of carbonyl (C=O) groups excluding carboxylic acids is 2. The summed E-state index contributed by atoms with van der Waals surface area (Å²) in [4.78, 5) is 33.4. The second kappa shape index (κ2) is 8.57. The molecule has 0 bridgehead atoms. The van der Waals surface area contributed by atoms with Crippen LogP contribution in [0.2, 0.25) is 0 Å². The highest BCUT2D eigenvalue weighted by Crippen LogP contribution is 2.35. The standard InChI is InChI=1S/C21H30N6O3/c1-14-12-18(23-25(14)3)21(29)26-10-5-8-17(13-26)27(15(2)28)11-9-19-22-20(30-24-19)16-6-4-7-16/h12,16-17H,4-11,13H2,1-3H3. The molecule has 30 heavy (non-hydrogen) atoms. The van der Waals surface area contributed by atoms with E-state index in [1.165, 1.54) is 6.42 Å². The number of nitrogens with zero attached hydrogens (tertiary/aromatic N) is 6. The van der Waals surface area contributed by atoms with Gasteiger partial charge in [0.15, 0.2) is 11.5 Å². The smallest absolute Gasteiger partial charge is 0.274 e. The molecule has 3 heterocycles. The molecule has 162 valence electrons. The lowest BCUT2D eigenvalue weighted by Gasteiger charge is -2.38. The predicted octanol–water partition coefficient (Wildman–Crippen LogP) is 2.07. The average Bonchev–Trinajstić information content (AvgIpc) is 3.27. The van der Waals surface area contributed by atoms with Crippen LogP contribution in [0.4, 0.5) is 0 Å². The highest BCUT2D eigenvalue weighted by molar-refractivity contribution is 5.92. The van der Waals surface area contributed by atoms with E-state index in [1.54, 1.807) is 11.6 Å². The first-order valence-electron chi connectivity index (χ1n) is 10.8. The molecule has 9 heteroatoms. The molecule has 1 unspecified atom stereocenters. The summed E-state index contributed by atoms with van der Waals surface area (Å²) >= 11 is 0. The molecule has 2 aromatic heterocycles. The summed E-state index contributed by atoms with van der Waals surface area (Å²) in [5.41, 5.74) is 1.40. The van der Waals surface area contributed by atoms with Gasteiger partial charge in [0.1, 0.15) is 0 Å². The third-order valence-corrected chi connectivity index (χ3v) is 6.38. The van der Waals surface area contributed by atoms with Gasteiger partial charge in [0.2, 0.25) is 11.8 Å². The van der Waals surface area contributed by atoms with Crippen LogP contribution in [0.1, 0.15) is 72.8 Å². The lowest BCUT2D eigenvalue weighted by molar-refractivity contribution is -0.132. The van der Waals surface area contributed by atoms with Gasteiger partial charge in [-0.15, -0.1) is 0 Å². The molecule has 0 aromatic carbocycles. The number of carbonyl (C=O) groups is 2. The van der Waals surface area contributed by atoms with Crippen molar-refractivity contribution in [3.8, 4) is 0 Å². The van der Waals surface area contributed by atoms with Gasteiger partial charge in [-0.3, -0.25) is 14.3 Å². The van der Waals surface area contributed by atoms with Gasteiger partial charge in [-0.1, -0.05) is 11.6 Å². The van der Waals surface area contributed by atoms with Crippen LogP contribution in [0.5, 0.6) is 0 Å². The Hall–Kier alpha value is -2.71. The SMILES string of the molecule is CC(=O)N(CCc1noc(C2CCC2)n1)C1CCCN(C(=O)c2cc(C)n(C)n2)C1. The summed E-state index contributed by atoms with van der Waals surface area (Å²) in [7, 11) is 1.83. The Morgan fingerprint density at radius 1 is 1.27 bits per heavy atom. The van der Waals surface area contributed by atoms with Crippen molar-refractivity contribution in [3.63, 3.8) is 0 Å². The summed E-state index contributed by atoms with van der Waals surface area (Å²) in [6.07, 6.45) is 5.74. The van der Waals surface area contributed by atoms with Crippen LogP contribution < -0.4 is 0 Å². The van der Waals surface area contributed by atoms with Crippen LogP contribution in [0.3, 0.4) is 0 Å². The molecule has 2 aliphatic rings. The fourth-order valence-electron chi connectivity index (χ4n) is 4.23. The summed E-state index contributed by atoms with van der Waals surface area (Å²) in [5.74, 6) is 1.71. The number of aryl methyl sites for hydroxylation is 2. The molecule has 1 aliphatic heterocycles. The molecular weight excluding hydrogens is 384 g/mol. The number of hydrogen-bond donors (Lipinski definition) is 0. The average molecular weight is 415 g/mol. The highest BCUT2D eigenvalue weighted by atomic mass is 16.5. The third kappa shape index (κ3) is 4.24. The molecule has 2 fully saturated rings. The molecule has 2 amide bonds. The topological polar surface area (TPSA) is 97.4 Å². The Kier molecular flexibility index (Phi) is 5.87. The van der Waals surface area contributed by atoms with E-state index in [0.717, 1.165) is 37.3 Å². The van der Waals surface area contributed by atoms with E-state index in [9.17, 15) is 9.59 Å². The molecule has 1 atom stereocenters. The van der Waals surface area contributed by atoms with E-state index in [4.69, 9.17) is 4.52 Å². The van der Waals surface area contributed by atoms with Crippen LogP contribution in [-0.4, -0.2) is 67.2 Å². The first kappa shape index (κ1) is 20.6. The maximum absolute atomic E-state index is 12.9. The van der Waals surface area contributed by atoms with E-state index < -0.39 is 0 Å². The van der Waals surface area contributed by atoms with E-state index >= 15 is 0 Å². The molecular formula is C21H30N6O3. The van der Waals surface area contributed by atoms with Gasteiger partial charge in [0.25, 0.3) is 5.91 Å². The van der Waals surface area contributed by atoms with Crippen LogP contribution in [-0.2, 0) is 18.3 Å². The monoisotopic (exact) mass is 414 g/mol. The minimum atomic E-state index is -0.0739. The number of rotatable bonds is 6. The first-order valence-corrected chi connectivity index (χ1v) is 10.8. The van der Waals surface area contributed by atoms with E-state index in [-0.39, 0.29) is 17.9 Å². The molecule has 4 rings (SSSR count). The molecule has 1 aliphatic carbocycles. The highest BCUT2D eigenvalue weighted by Gasteiger charge is 2.31. The largest absolute Gasteiger partial charge is 0.339 e. The second-order valence-electron chi connectivity index (χ2n) is 8.48. The zero-order valence-corrected chi connectivity index (χ0v) is 18.0. The van der Waals surface area contributed by atoms with Crippen molar-refractivity contribution in [1.29, 1.82) is 0 Å². The van der Waals surface area contributed by atoms with Crippen LogP contribution in [0.25, 0.3) is 0 Å². The molecule has 2 aromatic rings. The van der Waals surface area contributed by atoms with Gasteiger partial charge < -0.3 is 14.3 Å². The predicted molar refractivity (Wildman–Crippen MR) is 109 cm³/mol. The number of likely N-dealkylation sites (tertiary alicyclic amines) is 1. The van der Waals surface area contributed by atoms with Gasteiger partial charge in [0.05, 0.1) is 0 Å². The van der Waals surface area contributed by atoms with Gasteiger partial charge in [0, 0.05) is 57.7 Å². The van der Waals surface area contributed by atoms with Crippen molar-refractivity contribution in [3.05, 3.63) is 29.2 Å².